The number of phenolic OH excluding ortho intramolecular Hbond substituents is 2. The Morgan fingerprint density at radius 1 is 0.667 bits per heavy atom. The molecule has 2 nitrogen and oxygen atoms in total. The van der Waals surface area contributed by atoms with Gasteiger partial charge in [-0.1, -0.05) is 41.5 Å². The van der Waals surface area contributed by atoms with Gasteiger partial charge in [0.1, 0.15) is 11.5 Å². The molecule has 0 aliphatic carbocycles. The van der Waals surface area contributed by atoms with Gasteiger partial charge in [-0.15, -0.1) is 23.5 Å². The number of aromatic hydroxyl groups is 2. The molecule has 0 unspecified atom stereocenters. The normalized spacial score (nSPS) is 12.4. The fourth-order valence-corrected chi connectivity index (χ4v) is 4.18. The van der Waals surface area contributed by atoms with E-state index in [0.29, 0.717) is 17.9 Å². The second-order valence-corrected chi connectivity index (χ2v) is 10.8. The van der Waals surface area contributed by atoms with E-state index in [-0.39, 0.29) is 10.8 Å². The molecule has 0 radical (unpaired) electrons. The Bertz CT molecular complexity index is 758. The first-order chi connectivity index (χ1) is 12.4. The summed E-state index contributed by atoms with van der Waals surface area (Å²) in [5.41, 5.74) is 3.32. The van der Waals surface area contributed by atoms with E-state index < -0.39 is 0 Å². The van der Waals surface area contributed by atoms with Gasteiger partial charge in [-0.05, 0) is 58.7 Å². The number of phenols is 2. The van der Waals surface area contributed by atoms with E-state index in [1.807, 2.05) is 24.6 Å². The van der Waals surface area contributed by atoms with E-state index in [2.05, 4.69) is 53.7 Å². The van der Waals surface area contributed by atoms with Crippen molar-refractivity contribution in [2.24, 2.45) is 0 Å². The first-order valence-corrected chi connectivity index (χ1v) is 11.6. The molecule has 0 aliphatic heterocycles. The average molecular weight is 405 g/mol. The summed E-state index contributed by atoms with van der Waals surface area (Å²) in [4.78, 5) is 2.26. The van der Waals surface area contributed by atoms with E-state index in [1.165, 1.54) is 0 Å². The molecular weight excluding hydrogens is 372 g/mol. The van der Waals surface area contributed by atoms with Crippen LogP contribution in [0.2, 0.25) is 0 Å². The van der Waals surface area contributed by atoms with Crippen molar-refractivity contribution in [1.29, 1.82) is 0 Å². The van der Waals surface area contributed by atoms with Gasteiger partial charge in [-0.3, -0.25) is 0 Å². The lowest BCUT2D eigenvalue weighted by Gasteiger charge is -2.25. The van der Waals surface area contributed by atoms with Crippen LogP contribution in [0.5, 0.6) is 11.5 Å². The van der Waals surface area contributed by atoms with Gasteiger partial charge >= 0.3 is 0 Å². The summed E-state index contributed by atoms with van der Waals surface area (Å²) in [6, 6.07) is 8.22. The molecule has 4 heteroatoms. The van der Waals surface area contributed by atoms with Crippen LogP contribution in [0.1, 0.15) is 63.8 Å². The summed E-state index contributed by atoms with van der Waals surface area (Å²) in [7, 11) is 0. The van der Waals surface area contributed by atoms with Crippen LogP contribution in [0.15, 0.2) is 34.1 Å². The maximum Gasteiger partial charge on any atom is 0.122 e. The van der Waals surface area contributed by atoms with E-state index in [4.69, 9.17) is 0 Å². The molecule has 0 saturated heterocycles. The molecular formula is C23H32O2S2. The zero-order chi connectivity index (χ0) is 20.6. The van der Waals surface area contributed by atoms with Gasteiger partial charge < -0.3 is 10.2 Å². The fraction of sp³-hybridized carbons (Fsp3) is 0.478. The number of thioether (sulfide) groups is 2. The lowest BCUT2D eigenvalue weighted by Crippen LogP contribution is -2.13. The first kappa shape index (κ1) is 22.0. The minimum Gasteiger partial charge on any atom is -0.507 e. The van der Waals surface area contributed by atoms with Gasteiger partial charge in [0.25, 0.3) is 0 Å². The summed E-state index contributed by atoms with van der Waals surface area (Å²) in [5, 5.41) is 21.9. The van der Waals surface area contributed by atoms with Crippen LogP contribution < -0.4 is 0 Å². The Labute approximate surface area is 172 Å². The number of rotatable bonds is 4. The maximum atomic E-state index is 11.0. The zero-order valence-corrected chi connectivity index (χ0v) is 19.4. The molecule has 0 amide bonds. The van der Waals surface area contributed by atoms with Gasteiger partial charge in [0.2, 0.25) is 0 Å². The smallest absolute Gasteiger partial charge is 0.122 e. The lowest BCUT2D eigenvalue weighted by molar-refractivity contribution is 0.434. The lowest BCUT2D eigenvalue weighted by atomic mass is 9.83. The Kier molecular flexibility index (Phi) is 6.53. The fourth-order valence-electron chi connectivity index (χ4n) is 3.18. The van der Waals surface area contributed by atoms with E-state index in [0.717, 1.165) is 32.0 Å². The summed E-state index contributed by atoms with van der Waals surface area (Å²) >= 11 is 3.35. The molecule has 0 spiro atoms. The molecule has 2 aromatic carbocycles. The maximum absolute atomic E-state index is 11.0. The van der Waals surface area contributed by atoms with E-state index in [9.17, 15) is 10.2 Å². The molecule has 2 rings (SSSR count). The second-order valence-electron chi connectivity index (χ2n) is 9.04. The van der Waals surface area contributed by atoms with Crippen LogP contribution in [0.4, 0.5) is 0 Å². The third kappa shape index (κ3) is 4.97. The number of benzene rings is 2. The summed E-state index contributed by atoms with van der Waals surface area (Å²) in [5.74, 6) is 0.679. The van der Waals surface area contributed by atoms with Crippen molar-refractivity contribution in [1.82, 2.24) is 0 Å². The average Bonchev–Trinajstić information content (AvgIpc) is 2.56. The molecule has 0 aromatic heterocycles. The third-order valence-electron chi connectivity index (χ3n) is 4.79. The molecule has 148 valence electrons. The Hall–Kier alpha value is -1.26. The highest BCUT2D eigenvalue weighted by atomic mass is 32.2. The Morgan fingerprint density at radius 2 is 1.00 bits per heavy atom. The highest BCUT2D eigenvalue weighted by molar-refractivity contribution is 7.98. The largest absolute Gasteiger partial charge is 0.507 e. The van der Waals surface area contributed by atoms with Crippen molar-refractivity contribution in [3.05, 3.63) is 46.5 Å². The van der Waals surface area contributed by atoms with Crippen LogP contribution in [0, 0.1) is 0 Å². The minimum atomic E-state index is -0.149. The number of hydrogen-bond donors (Lipinski definition) is 2. The SMILES string of the molecule is CSc1cc(Cc2cc(SC)cc(C(C)(C)C)c2O)c(O)c(C(C)(C)C)c1. The molecule has 0 heterocycles. The Morgan fingerprint density at radius 3 is 1.26 bits per heavy atom. The van der Waals surface area contributed by atoms with Gasteiger partial charge in [0.15, 0.2) is 0 Å². The molecule has 27 heavy (non-hydrogen) atoms. The summed E-state index contributed by atoms with van der Waals surface area (Å²) in [6.07, 6.45) is 4.60. The number of hydrogen-bond acceptors (Lipinski definition) is 4. The predicted octanol–water partition coefficient (Wildman–Crippen LogP) is 6.73. The van der Waals surface area contributed by atoms with Crippen molar-refractivity contribution < 1.29 is 10.2 Å². The van der Waals surface area contributed by atoms with Crippen molar-refractivity contribution in [2.45, 2.75) is 68.6 Å². The first-order valence-electron chi connectivity index (χ1n) is 9.19. The van der Waals surface area contributed by atoms with Crippen molar-refractivity contribution in [3.8, 4) is 11.5 Å². The molecule has 0 saturated carbocycles. The molecule has 2 aromatic rings. The highest BCUT2D eigenvalue weighted by Gasteiger charge is 2.24. The van der Waals surface area contributed by atoms with Crippen molar-refractivity contribution in [2.75, 3.05) is 12.5 Å². The standard InChI is InChI=1S/C23H32O2S2/c1-22(2,3)18-12-16(26-7)10-14(20(18)24)9-15-11-17(27-8)13-19(21(15)25)23(4,5)6/h10-13,24-25H,9H2,1-8H3. The summed E-state index contributed by atoms with van der Waals surface area (Å²) < 4.78 is 0. The van der Waals surface area contributed by atoms with Gasteiger partial charge in [0, 0.05) is 27.3 Å². The molecule has 0 fully saturated rings. The van der Waals surface area contributed by atoms with Crippen LogP contribution in [-0.4, -0.2) is 22.7 Å². The minimum absolute atomic E-state index is 0.149. The van der Waals surface area contributed by atoms with Crippen LogP contribution in [-0.2, 0) is 17.3 Å². The van der Waals surface area contributed by atoms with Gasteiger partial charge in [0.05, 0.1) is 0 Å². The van der Waals surface area contributed by atoms with Gasteiger partial charge in [-0.25, -0.2) is 0 Å². The predicted molar refractivity (Wildman–Crippen MR) is 120 cm³/mol. The molecule has 0 aliphatic rings. The summed E-state index contributed by atoms with van der Waals surface area (Å²) in [6.45, 7) is 12.7. The molecule has 2 N–H and O–H groups in total. The highest BCUT2D eigenvalue weighted by Crippen LogP contribution is 2.41. The van der Waals surface area contributed by atoms with Crippen molar-refractivity contribution in [3.63, 3.8) is 0 Å². The zero-order valence-electron chi connectivity index (χ0n) is 17.7. The third-order valence-corrected chi connectivity index (χ3v) is 6.21. The topological polar surface area (TPSA) is 40.5 Å². The monoisotopic (exact) mass is 404 g/mol. The van der Waals surface area contributed by atoms with Crippen LogP contribution >= 0.6 is 23.5 Å². The van der Waals surface area contributed by atoms with E-state index >= 15 is 0 Å². The van der Waals surface area contributed by atoms with Gasteiger partial charge in [-0.2, -0.15) is 0 Å². The second kappa shape index (κ2) is 8.00. The molecule has 0 bridgehead atoms. The Balaban J connectivity index is 2.64. The van der Waals surface area contributed by atoms with Crippen molar-refractivity contribution >= 4 is 23.5 Å². The van der Waals surface area contributed by atoms with Crippen LogP contribution in [0.25, 0.3) is 0 Å². The van der Waals surface area contributed by atoms with Crippen LogP contribution in [0.3, 0.4) is 0 Å². The molecule has 0 atom stereocenters. The quantitative estimate of drug-likeness (QED) is 0.554. The van der Waals surface area contributed by atoms with E-state index in [1.54, 1.807) is 23.5 Å².